The number of hydrogen-bond acceptors (Lipinski definition) is 3. The summed E-state index contributed by atoms with van der Waals surface area (Å²) in [4.78, 5) is 16.1. The minimum absolute atomic E-state index is 0.0657. The normalized spacial score (nSPS) is 12.2. The smallest absolute Gasteiger partial charge is 0.338 e. The van der Waals surface area contributed by atoms with E-state index in [0.717, 1.165) is 31.4 Å². The average molecular weight is 270 g/mol. The zero-order valence-corrected chi connectivity index (χ0v) is 12.0. The first-order chi connectivity index (χ1) is 8.56. The molecule has 1 unspecified atom stereocenters. The van der Waals surface area contributed by atoms with Gasteiger partial charge in [-0.2, -0.15) is 0 Å². The summed E-state index contributed by atoms with van der Waals surface area (Å²) in [7, 11) is 0. The number of carbonyl (C=O) groups is 1. The number of ether oxygens (including phenoxy) is 1. The molecule has 0 amide bonds. The number of esters is 1. The van der Waals surface area contributed by atoms with Crippen LogP contribution in [0, 0.1) is 0 Å². The van der Waals surface area contributed by atoms with Crippen molar-refractivity contribution >= 4 is 17.6 Å². The van der Waals surface area contributed by atoms with E-state index >= 15 is 0 Å². The molecule has 0 bridgehead atoms. The van der Waals surface area contributed by atoms with Crippen LogP contribution >= 0.6 is 11.6 Å². The van der Waals surface area contributed by atoms with Crippen molar-refractivity contribution in [2.45, 2.75) is 52.6 Å². The van der Waals surface area contributed by atoms with Gasteiger partial charge in [-0.3, -0.25) is 0 Å². The lowest BCUT2D eigenvalue weighted by atomic mass is 10.1. The van der Waals surface area contributed by atoms with Crippen molar-refractivity contribution in [3.05, 3.63) is 28.5 Å². The Kier molecular flexibility index (Phi) is 6.13. The molecule has 0 spiro atoms. The molecule has 1 atom stereocenters. The molecule has 0 fully saturated rings. The van der Waals surface area contributed by atoms with E-state index in [9.17, 15) is 4.79 Å². The first-order valence-corrected chi connectivity index (χ1v) is 6.82. The van der Waals surface area contributed by atoms with E-state index in [1.807, 2.05) is 6.92 Å². The largest absolute Gasteiger partial charge is 0.459 e. The highest BCUT2D eigenvalue weighted by Gasteiger charge is 2.13. The quantitative estimate of drug-likeness (QED) is 0.578. The van der Waals surface area contributed by atoms with Crippen molar-refractivity contribution in [2.75, 3.05) is 0 Å². The van der Waals surface area contributed by atoms with Crippen molar-refractivity contribution < 1.29 is 9.53 Å². The highest BCUT2D eigenvalue weighted by molar-refractivity contribution is 6.29. The van der Waals surface area contributed by atoms with Crippen molar-refractivity contribution in [1.29, 1.82) is 0 Å². The standard InChI is InChI=1S/C14H20ClNO2/c1-4-6-10(3)18-14(17)11-8-12(7-5-2)16-13(15)9-11/h8-10H,4-7H2,1-3H3. The molecule has 4 heteroatoms. The topological polar surface area (TPSA) is 39.2 Å². The maximum Gasteiger partial charge on any atom is 0.338 e. The fourth-order valence-corrected chi connectivity index (χ4v) is 2.00. The molecular formula is C14H20ClNO2. The summed E-state index contributed by atoms with van der Waals surface area (Å²) in [5.74, 6) is -0.322. The number of pyridine rings is 1. The number of carbonyl (C=O) groups excluding carboxylic acids is 1. The van der Waals surface area contributed by atoms with Gasteiger partial charge in [0, 0.05) is 5.69 Å². The number of rotatable bonds is 6. The Labute approximate surface area is 114 Å². The van der Waals surface area contributed by atoms with E-state index in [1.54, 1.807) is 12.1 Å². The Bertz CT molecular complexity index is 407. The highest BCUT2D eigenvalue weighted by Crippen LogP contribution is 2.15. The monoisotopic (exact) mass is 269 g/mol. The molecule has 1 aromatic rings. The van der Waals surface area contributed by atoms with Crippen LogP contribution in [0.1, 0.15) is 56.1 Å². The summed E-state index contributed by atoms with van der Waals surface area (Å²) in [6.45, 7) is 6.02. The minimum Gasteiger partial charge on any atom is -0.459 e. The molecule has 1 heterocycles. The Morgan fingerprint density at radius 1 is 1.39 bits per heavy atom. The maximum absolute atomic E-state index is 11.9. The molecule has 0 N–H and O–H groups in total. The van der Waals surface area contributed by atoms with Crippen LogP contribution in [0.2, 0.25) is 5.15 Å². The summed E-state index contributed by atoms with van der Waals surface area (Å²) < 4.78 is 5.34. The van der Waals surface area contributed by atoms with Gasteiger partial charge in [0.2, 0.25) is 0 Å². The summed E-state index contributed by atoms with van der Waals surface area (Å²) >= 11 is 5.91. The number of nitrogens with zero attached hydrogens (tertiary/aromatic N) is 1. The van der Waals surface area contributed by atoms with Crippen LogP contribution in [0.4, 0.5) is 0 Å². The van der Waals surface area contributed by atoms with Crippen molar-refractivity contribution in [3.63, 3.8) is 0 Å². The molecule has 18 heavy (non-hydrogen) atoms. The van der Waals surface area contributed by atoms with Gasteiger partial charge >= 0.3 is 5.97 Å². The lowest BCUT2D eigenvalue weighted by molar-refractivity contribution is 0.0323. The van der Waals surface area contributed by atoms with Crippen LogP contribution in [0.3, 0.4) is 0 Å². The Morgan fingerprint density at radius 3 is 2.72 bits per heavy atom. The zero-order valence-electron chi connectivity index (χ0n) is 11.2. The summed E-state index contributed by atoms with van der Waals surface area (Å²) in [5.41, 5.74) is 1.32. The van der Waals surface area contributed by atoms with Crippen LogP contribution in [0.25, 0.3) is 0 Å². The van der Waals surface area contributed by atoms with Gasteiger partial charge in [-0.1, -0.05) is 38.3 Å². The second-order valence-corrected chi connectivity index (χ2v) is 4.81. The van der Waals surface area contributed by atoms with E-state index in [0.29, 0.717) is 10.7 Å². The Morgan fingerprint density at radius 2 is 2.11 bits per heavy atom. The van der Waals surface area contributed by atoms with E-state index < -0.39 is 0 Å². The number of hydrogen-bond donors (Lipinski definition) is 0. The zero-order chi connectivity index (χ0) is 13.5. The van der Waals surface area contributed by atoms with Gasteiger partial charge < -0.3 is 4.74 Å². The van der Waals surface area contributed by atoms with Gasteiger partial charge in [-0.15, -0.1) is 0 Å². The third kappa shape index (κ3) is 4.65. The second kappa shape index (κ2) is 7.37. The first kappa shape index (κ1) is 15.0. The predicted molar refractivity (Wildman–Crippen MR) is 73.0 cm³/mol. The van der Waals surface area contributed by atoms with E-state index in [4.69, 9.17) is 16.3 Å². The predicted octanol–water partition coefficient (Wildman–Crippen LogP) is 4.03. The van der Waals surface area contributed by atoms with Crippen LogP contribution in [-0.2, 0) is 11.2 Å². The Balaban J connectivity index is 2.78. The number of halogens is 1. The minimum atomic E-state index is -0.322. The van der Waals surface area contributed by atoms with Crippen LogP contribution < -0.4 is 0 Å². The van der Waals surface area contributed by atoms with Crippen LogP contribution in [0.15, 0.2) is 12.1 Å². The molecule has 0 saturated carbocycles. The lowest BCUT2D eigenvalue weighted by Gasteiger charge is -2.12. The molecular weight excluding hydrogens is 250 g/mol. The van der Waals surface area contributed by atoms with Gasteiger partial charge in [-0.05, 0) is 31.9 Å². The third-order valence-corrected chi connectivity index (χ3v) is 2.79. The van der Waals surface area contributed by atoms with E-state index in [-0.39, 0.29) is 12.1 Å². The van der Waals surface area contributed by atoms with Gasteiger partial charge in [0.1, 0.15) is 5.15 Å². The molecule has 1 aromatic heterocycles. The molecule has 0 aliphatic heterocycles. The fourth-order valence-electron chi connectivity index (χ4n) is 1.77. The fraction of sp³-hybridized carbons (Fsp3) is 0.571. The van der Waals surface area contributed by atoms with Crippen LogP contribution in [0.5, 0.6) is 0 Å². The first-order valence-electron chi connectivity index (χ1n) is 6.44. The lowest BCUT2D eigenvalue weighted by Crippen LogP contribution is -2.15. The molecule has 0 aliphatic carbocycles. The second-order valence-electron chi connectivity index (χ2n) is 4.42. The summed E-state index contributed by atoms with van der Waals surface area (Å²) in [6, 6.07) is 3.32. The van der Waals surface area contributed by atoms with E-state index in [2.05, 4.69) is 18.8 Å². The SMILES string of the molecule is CCCc1cc(C(=O)OC(C)CCC)cc(Cl)n1. The summed E-state index contributed by atoms with van der Waals surface area (Å²) in [5, 5.41) is 0.344. The molecule has 0 aliphatic rings. The Hall–Kier alpha value is -1.09. The third-order valence-electron chi connectivity index (χ3n) is 2.59. The highest BCUT2D eigenvalue weighted by atomic mass is 35.5. The molecule has 0 aromatic carbocycles. The molecule has 1 rings (SSSR count). The van der Waals surface area contributed by atoms with Crippen molar-refractivity contribution in [1.82, 2.24) is 4.98 Å². The van der Waals surface area contributed by atoms with Gasteiger partial charge in [0.05, 0.1) is 11.7 Å². The van der Waals surface area contributed by atoms with Crippen molar-refractivity contribution in [2.24, 2.45) is 0 Å². The average Bonchev–Trinajstić information content (AvgIpc) is 2.28. The van der Waals surface area contributed by atoms with Gasteiger partial charge in [0.15, 0.2) is 0 Å². The van der Waals surface area contributed by atoms with Gasteiger partial charge in [-0.25, -0.2) is 9.78 Å². The molecule has 0 radical (unpaired) electrons. The molecule has 100 valence electrons. The van der Waals surface area contributed by atoms with E-state index in [1.165, 1.54) is 0 Å². The van der Waals surface area contributed by atoms with Crippen molar-refractivity contribution in [3.8, 4) is 0 Å². The number of aromatic nitrogens is 1. The summed E-state index contributed by atoms with van der Waals surface area (Å²) in [6.07, 6.45) is 3.57. The van der Waals surface area contributed by atoms with Crippen LogP contribution in [-0.4, -0.2) is 17.1 Å². The molecule has 0 saturated heterocycles. The van der Waals surface area contributed by atoms with Gasteiger partial charge in [0.25, 0.3) is 0 Å². The number of aryl methyl sites for hydroxylation is 1. The maximum atomic E-state index is 11.9. The molecule has 3 nitrogen and oxygen atoms in total.